The maximum Gasteiger partial charge on any atom is 0.129 e. The van der Waals surface area contributed by atoms with E-state index in [1.54, 1.807) is 0 Å². The van der Waals surface area contributed by atoms with E-state index in [0.29, 0.717) is 0 Å². The van der Waals surface area contributed by atoms with Gasteiger partial charge < -0.3 is 9.80 Å². The predicted molar refractivity (Wildman–Crippen MR) is 85.6 cm³/mol. The number of pyridine rings is 1. The summed E-state index contributed by atoms with van der Waals surface area (Å²) in [5, 5.41) is 1.87. The van der Waals surface area contributed by atoms with Crippen LogP contribution in [0.15, 0.2) is 30.3 Å². The first-order valence-electron chi connectivity index (χ1n) is 7.08. The summed E-state index contributed by atoms with van der Waals surface area (Å²) in [4.78, 5) is 9.42. The zero-order valence-electron chi connectivity index (χ0n) is 12.0. The number of fused-ring (bicyclic) bond motifs is 1. The molecule has 1 saturated heterocycles. The van der Waals surface area contributed by atoms with Crippen LogP contribution in [0.4, 0.5) is 5.82 Å². The lowest BCUT2D eigenvalue weighted by Crippen LogP contribution is -2.26. The molecule has 2 aromatic rings. The van der Waals surface area contributed by atoms with Crippen LogP contribution in [0.25, 0.3) is 10.9 Å². The monoisotopic (exact) mass is 289 g/mol. The van der Waals surface area contributed by atoms with Crippen molar-refractivity contribution < 1.29 is 0 Å². The SMILES string of the molecule is CN(C)CC1CCN(c2ccc3cc(Cl)ccc3n2)C1. The number of halogens is 1. The fourth-order valence-electron chi connectivity index (χ4n) is 2.97. The van der Waals surface area contributed by atoms with Gasteiger partial charge in [-0.1, -0.05) is 11.6 Å². The van der Waals surface area contributed by atoms with E-state index in [4.69, 9.17) is 16.6 Å². The summed E-state index contributed by atoms with van der Waals surface area (Å²) in [7, 11) is 4.28. The Labute approximate surface area is 125 Å². The molecule has 1 aliphatic rings. The van der Waals surface area contributed by atoms with Crippen molar-refractivity contribution >= 4 is 28.3 Å². The maximum atomic E-state index is 6.01. The van der Waals surface area contributed by atoms with E-state index in [1.807, 2.05) is 18.2 Å². The van der Waals surface area contributed by atoms with Crippen molar-refractivity contribution in [2.75, 3.05) is 38.6 Å². The first kappa shape index (κ1) is 13.7. The van der Waals surface area contributed by atoms with Gasteiger partial charge in [-0.05, 0) is 56.8 Å². The Balaban J connectivity index is 1.79. The third-order valence-corrected chi connectivity index (χ3v) is 4.10. The Morgan fingerprint density at radius 3 is 2.95 bits per heavy atom. The van der Waals surface area contributed by atoms with Crippen LogP contribution in [0.3, 0.4) is 0 Å². The third-order valence-electron chi connectivity index (χ3n) is 3.87. The van der Waals surface area contributed by atoms with Gasteiger partial charge in [-0.3, -0.25) is 0 Å². The second kappa shape index (κ2) is 5.58. The molecule has 1 aliphatic heterocycles. The van der Waals surface area contributed by atoms with Crippen LogP contribution in [0, 0.1) is 5.92 Å². The van der Waals surface area contributed by atoms with Crippen molar-refractivity contribution in [1.82, 2.24) is 9.88 Å². The Morgan fingerprint density at radius 2 is 2.15 bits per heavy atom. The minimum absolute atomic E-state index is 0.743. The minimum Gasteiger partial charge on any atom is -0.356 e. The number of nitrogens with zero attached hydrogens (tertiary/aromatic N) is 3. The smallest absolute Gasteiger partial charge is 0.129 e. The van der Waals surface area contributed by atoms with E-state index in [-0.39, 0.29) is 0 Å². The molecule has 0 aliphatic carbocycles. The topological polar surface area (TPSA) is 19.4 Å². The first-order chi connectivity index (χ1) is 9.61. The molecule has 0 bridgehead atoms. The molecule has 0 saturated carbocycles. The molecule has 1 aromatic carbocycles. The third kappa shape index (κ3) is 2.89. The fraction of sp³-hybridized carbons (Fsp3) is 0.438. The van der Waals surface area contributed by atoms with Crippen LogP contribution in [-0.4, -0.2) is 43.6 Å². The zero-order valence-corrected chi connectivity index (χ0v) is 12.8. The van der Waals surface area contributed by atoms with Crippen molar-refractivity contribution in [2.24, 2.45) is 5.92 Å². The van der Waals surface area contributed by atoms with Crippen LogP contribution < -0.4 is 4.90 Å². The number of rotatable bonds is 3. The molecule has 1 fully saturated rings. The lowest BCUT2D eigenvalue weighted by atomic mass is 10.1. The van der Waals surface area contributed by atoms with Crippen molar-refractivity contribution in [3.63, 3.8) is 0 Å². The van der Waals surface area contributed by atoms with Crippen LogP contribution in [0.1, 0.15) is 6.42 Å². The van der Waals surface area contributed by atoms with E-state index in [1.165, 1.54) is 6.42 Å². The van der Waals surface area contributed by atoms with Gasteiger partial charge >= 0.3 is 0 Å². The Morgan fingerprint density at radius 1 is 1.30 bits per heavy atom. The normalized spacial score (nSPS) is 19.2. The van der Waals surface area contributed by atoms with E-state index in [0.717, 1.165) is 47.3 Å². The number of benzene rings is 1. The van der Waals surface area contributed by atoms with Gasteiger partial charge in [-0.15, -0.1) is 0 Å². The van der Waals surface area contributed by atoms with Gasteiger partial charge in [0.15, 0.2) is 0 Å². The number of hydrogen-bond acceptors (Lipinski definition) is 3. The molecule has 3 nitrogen and oxygen atoms in total. The van der Waals surface area contributed by atoms with Crippen molar-refractivity contribution in [1.29, 1.82) is 0 Å². The molecule has 4 heteroatoms. The Kier molecular flexibility index (Phi) is 3.81. The highest BCUT2D eigenvalue weighted by molar-refractivity contribution is 6.31. The second-order valence-corrected chi connectivity index (χ2v) is 6.31. The zero-order chi connectivity index (χ0) is 14.1. The lowest BCUT2D eigenvalue weighted by molar-refractivity contribution is 0.340. The molecule has 1 aromatic heterocycles. The molecular formula is C16H20ClN3. The summed E-state index contributed by atoms with van der Waals surface area (Å²) < 4.78 is 0. The van der Waals surface area contributed by atoms with Gasteiger partial charge in [-0.25, -0.2) is 4.98 Å². The maximum absolute atomic E-state index is 6.01. The Bertz CT molecular complexity index is 612. The highest BCUT2D eigenvalue weighted by Crippen LogP contribution is 2.25. The second-order valence-electron chi connectivity index (χ2n) is 5.87. The van der Waals surface area contributed by atoms with Crippen LogP contribution in [0.5, 0.6) is 0 Å². The molecule has 0 amide bonds. The highest BCUT2D eigenvalue weighted by atomic mass is 35.5. The van der Waals surface area contributed by atoms with Crippen molar-refractivity contribution in [3.8, 4) is 0 Å². The van der Waals surface area contributed by atoms with Crippen LogP contribution in [-0.2, 0) is 0 Å². The van der Waals surface area contributed by atoms with Crippen molar-refractivity contribution in [2.45, 2.75) is 6.42 Å². The van der Waals surface area contributed by atoms with Gasteiger partial charge in [-0.2, -0.15) is 0 Å². The molecule has 20 heavy (non-hydrogen) atoms. The number of hydrogen-bond donors (Lipinski definition) is 0. The lowest BCUT2D eigenvalue weighted by Gasteiger charge is -2.19. The quantitative estimate of drug-likeness (QED) is 0.864. The van der Waals surface area contributed by atoms with E-state index >= 15 is 0 Å². The molecule has 1 atom stereocenters. The van der Waals surface area contributed by atoms with E-state index in [9.17, 15) is 0 Å². The summed E-state index contributed by atoms with van der Waals surface area (Å²) in [6.45, 7) is 3.36. The molecule has 1 unspecified atom stereocenters. The van der Waals surface area contributed by atoms with Crippen LogP contribution >= 0.6 is 11.6 Å². The van der Waals surface area contributed by atoms with Gasteiger partial charge in [0.2, 0.25) is 0 Å². The average Bonchev–Trinajstić information content (AvgIpc) is 2.85. The van der Waals surface area contributed by atoms with E-state index < -0.39 is 0 Å². The largest absolute Gasteiger partial charge is 0.356 e. The standard InChI is InChI=1S/C16H20ClN3/c1-19(2)10-12-7-8-20(11-12)16-6-3-13-9-14(17)4-5-15(13)18-16/h3-6,9,12H,7-8,10-11H2,1-2H3. The molecule has 3 rings (SSSR count). The average molecular weight is 290 g/mol. The van der Waals surface area contributed by atoms with Gasteiger partial charge in [0.1, 0.15) is 5.82 Å². The molecule has 106 valence electrons. The molecular weight excluding hydrogens is 270 g/mol. The van der Waals surface area contributed by atoms with Crippen LogP contribution in [0.2, 0.25) is 5.02 Å². The molecule has 2 heterocycles. The molecule has 0 radical (unpaired) electrons. The van der Waals surface area contributed by atoms with Gasteiger partial charge in [0.05, 0.1) is 5.52 Å². The summed E-state index contributed by atoms with van der Waals surface area (Å²) in [6.07, 6.45) is 1.25. The summed E-state index contributed by atoms with van der Waals surface area (Å²) >= 11 is 6.01. The van der Waals surface area contributed by atoms with Gasteiger partial charge in [0, 0.05) is 30.0 Å². The highest BCUT2D eigenvalue weighted by Gasteiger charge is 2.23. The molecule has 0 N–H and O–H groups in total. The predicted octanol–water partition coefficient (Wildman–Crippen LogP) is 3.28. The number of anilines is 1. The van der Waals surface area contributed by atoms with E-state index in [2.05, 4.69) is 36.0 Å². The summed E-state index contributed by atoms with van der Waals surface area (Å²) in [6, 6.07) is 10.1. The summed E-state index contributed by atoms with van der Waals surface area (Å²) in [5.74, 6) is 1.83. The fourth-order valence-corrected chi connectivity index (χ4v) is 3.15. The van der Waals surface area contributed by atoms with Gasteiger partial charge in [0.25, 0.3) is 0 Å². The molecule has 0 spiro atoms. The first-order valence-corrected chi connectivity index (χ1v) is 7.45. The summed E-state index contributed by atoms with van der Waals surface area (Å²) in [5.41, 5.74) is 1.02. The Hall–Kier alpha value is -1.32. The minimum atomic E-state index is 0.743. The number of aromatic nitrogens is 1. The van der Waals surface area contributed by atoms with Crippen molar-refractivity contribution in [3.05, 3.63) is 35.4 Å².